The van der Waals surface area contributed by atoms with E-state index in [0.29, 0.717) is 5.11 Å². The van der Waals surface area contributed by atoms with E-state index in [1.165, 1.54) is 25.3 Å². The molecule has 0 saturated carbocycles. The Balaban J connectivity index is 1.30. The van der Waals surface area contributed by atoms with Crippen molar-refractivity contribution in [3.05, 3.63) is 59.6 Å². The summed E-state index contributed by atoms with van der Waals surface area (Å²) in [6, 6.07) is 18.2. The second-order valence-electron chi connectivity index (χ2n) is 6.56. The number of hydrogen-bond acceptors (Lipinski definition) is 2. The number of benzene rings is 2. The van der Waals surface area contributed by atoms with Gasteiger partial charge in [0, 0.05) is 29.4 Å². The number of para-hydroxylation sites is 1. The zero-order valence-corrected chi connectivity index (χ0v) is 16.5. The maximum absolute atomic E-state index is 5.89. The summed E-state index contributed by atoms with van der Waals surface area (Å²) >= 11 is 11.2. The summed E-state index contributed by atoms with van der Waals surface area (Å²) < 4.78 is 0. The number of piperazine rings is 1. The number of nitrogens with one attached hydrogen (secondary N) is 3. The van der Waals surface area contributed by atoms with Crippen molar-refractivity contribution in [3.8, 4) is 0 Å². The molecule has 138 valence electrons. The highest BCUT2D eigenvalue weighted by Gasteiger charge is 2.19. The molecule has 6 heteroatoms. The summed E-state index contributed by atoms with van der Waals surface area (Å²) in [6.45, 7) is 6.72. The molecule has 0 unspecified atom stereocenters. The normalized spacial score (nSPS) is 14.9. The summed E-state index contributed by atoms with van der Waals surface area (Å²) in [4.78, 5) is 4.16. The minimum absolute atomic E-state index is 0.663. The number of anilines is 2. The van der Waals surface area contributed by atoms with Crippen molar-refractivity contribution in [2.24, 2.45) is 0 Å². The van der Waals surface area contributed by atoms with Crippen LogP contribution in [0, 0.1) is 0 Å². The van der Waals surface area contributed by atoms with Crippen LogP contribution in [0.5, 0.6) is 0 Å². The van der Waals surface area contributed by atoms with Gasteiger partial charge in [-0.15, -0.1) is 0 Å². The molecule has 1 fully saturated rings. The number of hydrogen-bond donors (Lipinski definition) is 3. The molecule has 0 amide bonds. The number of thiocarbonyl (C=S) groups is 1. The first-order valence-corrected chi connectivity index (χ1v) is 9.93. The summed E-state index contributed by atoms with van der Waals surface area (Å²) in [5, 5.41) is 7.85. The van der Waals surface area contributed by atoms with E-state index in [-0.39, 0.29) is 0 Å². The predicted octanol–water partition coefficient (Wildman–Crippen LogP) is 2.42. The van der Waals surface area contributed by atoms with Crippen LogP contribution in [0.4, 0.5) is 11.4 Å². The molecule has 26 heavy (non-hydrogen) atoms. The van der Waals surface area contributed by atoms with E-state index in [0.717, 1.165) is 36.8 Å². The molecule has 4 nitrogen and oxygen atoms in total. The van der Waals surface area contributed by atoms with Gasteiger partial charge in [0.1, 0.15) is 0 Å². The average Bonchev–Trinajstić information content (AvgIpc) is 2.68. The standard InChI is InChI=1S/C20H25ClN4S/c21-17-7-9-18(10-8-17)23-20(26)22-11-4-12-24-13-15-25(16-14-24)19-5-2-1-3-6-19/h1-3,5-10H,4,11-16H2,(H2,22,23,26)/p+1. The third kappa shape index (κ3) is 5.87. The van der Waals surface area contributed by atoms with E-state index in [4.69, 9.17) is 23.8 Å². The Kier molecular flexibility index (Phi) is 7.12. The fourth-order valence-corrected chi connectivity index (χ4v) is 3.56. The number of quaternary nitrogens is 1. The van der Waals surface area contributed by atoms with Crippen molar-refractivity contribution in [1.29, 1.82) is 0 Å². The van der Waals surface area contributed by atoms with E-state index in [1.807, 2.05) is 24.3 Å². The van der Waals surface area contributed by atoms with Gasteiger partial charge in [-0.1, -0.05) is 29.8 Å². The molecule has 1 aliphatic rings. The topological polar surface area (TPSA) is 31.7 Å². The number of nitrogens with zero attached hydrogens (tertiary/aromatic N) is 1. The lowest BCUT2D eigenvalue weighted by atomic mass is 10.2. The Bertz CT molecular complexity index is 685. The van der Waals surface area contributed by atoms with Crippen molar-refractivity contribution < 1.29 is 4.90 Å². The lowest BCUT2D eigenvalue weighted by molar-refractivity contribution is -0.900. The number of rotatable bonds is 6. The first-order valence-electron chi connectivity index (χ1n) is 9.15. The monoisotopic (exact) mass is 389 g/mol. The van der Waals surface area contributed by atoms with E-state index < -0.39 is 0 Å². The van der Waals surface area contributed by atoms with Crippen LogP contribution in [-0.4, -0.2) is 44.4 Å². The summed E-state index contributed by atoms with van der Waals surface area (Å²) in [6.07, 6.45) is 1.11. The zero-order chi connectivity index (χ0) is 18.2. The predicted molar refractivity (Wildman–Crippen MR) is 115 cm³/mol. The van der Waals surface area contributed by atoms with Gasteiger partial charge in [-0.05, 0) is 48.6 Å². The summed E-state index contributed by atoms with van der Waals surface area (Å²) in [5.74, 6) is 0. The van der Waals surface area contributed by atoms with Gasteiger partial charge in [0.2, 0.25) is 0 Å². The molecule has 2 aromatic rings. The largest absolute Gasteiger partial charge is 0.362 e. The summed E-state index contributed by atoms with van der Waals surface area (Å²) in [5.41, 5.74) is 2.29. The SMILES string of the molecule is S=C(NCCC[NH+]1CCN(c2ccccc2)CC1)Nc1ccc(Cl)cc1. The van der Waals surface area contributed by atoms with Crippen LogP contribution in [0.1, 0.15) is 6.42 Å². The lowest BCUT2D eigenvalue weighted by Crippen LogP contribution is -3.15. The molecule has 1 heterocycles. The molecule has 0 bridgehead atoms. The molecule has 0 atom stereocenters. The molecule has 3 rings (SSSR count). The molecule has 1 saturated heterocycles. The van der Waals surface area contributed by atoms with Gasteiger partial charge < -0.3 is 20.4 Å². The molecule has 3 N–H and O–H groups in total. The Morgan fingerprint density at radius 2 is 1.73 bits per heavy atom. The molecule has 0 radical (unpaired) electrons. The van der Waals surface area contributed by atoms with Crippen LogP contribution in [0.25, 0.3) is 0 Å². The first-order chi connectivity index (χ1) is 12.7. The van der Waals surface area contributed by atoms with E-state index in [9.17, 15) is 0 Å². The second-order valence-corrected chi connectivity index (χ2v) is 7.41. The quantitative estimate of drug-likeness (QED) is 0.523. The van der Waals surface area contributed by atoms with Gasteiger partial charge in [-0.2, -0.15) is 0 Å². The van der Waals surface area contributed by atoms with Crippen molar-refractivity contribution in [1.82, 2.24) is 5.32 Å². The van der Waals surface area contributed by atoms with Crippen molar-refractivity contribution in [3.63, 3.8) is 0 Å². The van der Waals surface area contributed by atoms with Crippen LogP contribution in [0.15, 0.2) is 54.6 Å². The molecule has 1 aliphatic heterocycles. The molecule has 0 aromatic heterocycles. The fourth-order valence-electron chi connectivity index (χ4n) is 3.22. The van der Waals surface area contributed by atoms with Crippen LogP contribution < -0.4 is 20.4 Å². The Hall–Kier alpha value is -1.82. The Morgan fingerprint density at radius 1 is 1.04 bits per heavy atom. The van der Waals surface area contributed by atoms with Crippen LogP contribution >= 0.6 is 23.8 Å². The molecule has 0 spiro atoms. The molecule has 2 aromatic carbocycles. The fraction of sp³-hybridized carbons (Fsp3) is 0.350. The Labute approximate surface area is 166 Å². The molecular formula is C20H26ClN4S+. The lowest BCUT2D eigenvalue weighted by Gasteiger charge is -2.33. The minimum Gasteiger partial charge on any atom is -0.362 e. The van der Waals surface area contributed by atoms with Gasteiger partial charge in [0.05, 0.1) is 32.7 Å². The van der Waals surface area contributed by atoms with Gasteiger partial charge in [-0.3, -0.25) is 0 Å². The summed E-state index contributed by atoms with van der Waals surface area (Å²) in [7, 11) is 0. The van der Waals surface area contributed by atoms with Crippen molar-refractivity contribution >= 4 is 40.3 Å². The minimum atomic E-state index is 0.663. The van der Waals surface area contributed by atoms with Crippen LogP contribution in [0.2, 0.25) is 5.02 Å². The molecule has 0 aliphatic carbocycles. The van der Waals surface area contributed by atoms with Gasteiger partial charge in [0.25, 0.3) is 0 Å². The maximum Gasteiger partial charge on any atom is 0.170 e. The van der Waals surface area contributed by atoms with Crippen molar-refractivity contribution in [2.75, 3.05) is 49.5 Å². The molecular weight excluding hydrogens is 364 g/mol. The van der Waals surface area contributed by atoms with E-state index >= 15 is 0 Å². The third-order valence-electron chi connectivity index (χ3n) is 4.69. The van der Waals surface area contributed by atoms with Crippen molar-refractivity contribution in [2.45, 2.75) is 6.42 Å². The van der Waals surface area contributed by atoms with E-state index in [1.54, 1.807) is 4.90 Å². The highest BCUT2D eigenvalue weighted by molar-refractivity contribution is 7.80. The number of halogens is 1. The zero-order valence-electron chi connectivity index (χ0n) is 14.9. The highest BCUT2D eigenvalue weighted by atomic mass is 35.5. The third-order valence-corrected chi connectivity index (χ3v) is 5.19. The van der Waals surface area contributed by atoms with Gasteiger partial charge >= 0.3 is 0 Å². The highest BCUT2D eigenvalue weighted by Crippen LogP contribution is 2.13. The van der Waals surface area contributed by atoms with Gasteiger partial charge in [0.15, 0.2) is 5.11 Å². The smallest absolute Gasteiger partial charge is 0.170 e. The van der Waals surface area contributed by atoms with Gasteiger partial charge in [-0.25, -0.2) is 0 Å². The van der Waals surface area contributed by atoms with Crippen LogP contribution in [0.3, 0.4) is 0 Å². The second kappa shape index (κ2) is 9.76. The Morgan fingerprint density at radius 3 is 2.42 bits per heavy atom. The van der Waals surface area contributed by atoms with Crippen LogP contribution in [-0.2, 0) is 0 Å². The first kappa shape index (κ1) is 19.0. The maximum atomic E-state index is 5.89. The average molecular weight is 390 g/mol. The van der Waals surface area contributed by atoms with E-state index in [2.05, 4.69) is 45.9 Å².